The van der Waals surface area contributed by atoms with Crippen molar-refractivity contribution in [2.24, 2.45) is 4.99 Å². The van der Waals surface area contributed by atoms with Gasteiger partial charge in [-0.2, -0.15) is 0 Å². The van der Waals surface area contributed by atoms with E-state index in [1.165, 1.54) is 4.90 Å². The molecule has 0 saturated carbocycles. The van der Waals surface area contributed by atoms with E-state index in [1.54, 1.807) is 11.9 Å². The van der Waals surface area contributed by atoms with Crippen LogP contribution in [-0.2, 0) is 20.9 Å². The number of nitrogens with zero attached hydrogens (tertiary/aromatic N) is 3. The zero-order valence-electron chi connectivity index (χ0n) is 13.8. The third kappa shape index (κ3) is 3.15. The van der Waals surface area contributed by atoms with E-state index < -0.39 is 6.04 Å². The predicted molar refractivity (Wildman–Crippen MR) is 88.0 cm³/mol. The van der Waals surface area contributed by atoms with Gasteiger partial charge in [-0.3, -0.25) is 24.6 Å². The van der Waals surface area contributed by atoms with Crippen LogP contribution in [0, 0.1) is 6.92 Å². The molecule has 7 heteroatoms. The molecule has 0 bridgehead atoms. The van der Waals surface area contributed by atoms with Crippen LogP contribution in [0.15, 0.2) is 29.3 Å². The number of likely N-dealkylation sites (N-methyl/N-ethyl adjacent to an activating group) is 1. The van der Waals surface area contributed by atoms with Crippen LogP contribution in [0.1, 0.15) is 24.0 Å². The Morgan fingerprint density at radius 3 is 2.58 bits per heavy atom. The number of amides is 3. The van der Waals surface area contributed by atoms with Crippen molar-refractivity contribution in [3.63, 3.8) is 0 Å². The van der Waals surface area contributed by atoms with E-state index in [2.05, 4.69) is 10.3 Å². The second kappa shape index (κ2) is 6.43. The van der Waals surface area contributed by atoms with E-state index in [4.69, 9.17) is 0 Å². The van der Waals surface area contributed by atoms with Crippen molar-refractivity contribution in [3.05, 3.63) is 35.4 Å². The van der Waals surface area contributed by atoms with Crippen molar-refractivity contribution in [1.29, 1.82) is 0 Å². The zero-order valence-corrected chi connectivity index (χ0v) is 13.8. The number of rotatable bonds is 3. The number of aliphatic imine (C=N–C) groups is 1. The summed E-state index contributed by atoms with van der Waals surface area (Å²) in [5.74, 6) is -0.245. The third-order valence-electron chi connectivity index (χ3n) is 4.40. The molecule has 0 spiro atoms. The summed E-state index contributed by atoms with van der Waals surface area (Å²) in [4.78, 5) is 43.1. The molecule has 3 amide bonds. The summed E-state index contributed by atoms with van der Waals surface area (Å²) >= 11 is 0. The fourth-order valence-electron chi connectivity index (χ4n) is 2.88. The van der Waals surface area contributed by atoms with E-state index in [0.29, 0.717) is 19.4 Å². The van der Waals surface area contributed by atoms with Crippen LogP contribution in [0.4, 0.5) is 0 Å². The molecule has 7 nitrogen and oxygen atoms in total. The summed E-state index contributed by atoms with van der Waals surface area (Å²) in [5.41, 5.74) is 2.13. The van der Waals surface area contributed by atoms with E-state index in [1.807, 2.05) is 31.2 Å². The number of likely N-dealkylation sites (tertiary alicyclic amines) is 1. The summed E-state index contributed by atoms with van der Waals surface area (Å²) in [6, 6.07) is 7.36. The quantitative estimate of drug-likeness (QED) is 0.873. The minimum Gasteiger partial charge on any atom is -0.326 e. The molecule has 2 heterocycles. The molecule has 1 fully saturated rings. The summed E-state index contributed by atoms with van der Waals surface area (Å²) in [7, 11) is 1.57. The van der Waals surface area contributed by atoms with Crippen molar-refractivity contribution < 1.29 is 14.4 Å². The van der Waals surface area contributed by atoms with Crippen molar-refractivity contribution in [1.82, 2.24) is 15.1 Å². The average molecular weight is 328 g/mol. The number of nitrogens with one attached hydrogen (secondary N) is 1. The third-order valence-corrected chi connectivity index (χ3v) is 4.40. The Morgan fingerprint density at radius 1 is 1.25 bits per heavy atom. The fraction of sp³-hybridized carbons (Fsp3) is 0.412. The molecule has 1 atom stereocenters. The van der Waals surface area contributed by atoms with Crippen molar-refractivity contribution >= 4 is 23.7 Å². The standard InChI is InChI=1S/C17H20N4O3/c1-11-3-5-12(6-4-11)10-21-13(7-8-14(21)22)16(24)19-17-18-9-15(23)20(17)2/h3-6,13H,7-10H2,1-2H3,(H,18,19,24). The molecular formula is C17H20N4O3. The van der Waals surface area contributed by atoms with Gasteiger partial charge in [-0.05, 0) is 18.9 Å². The lowest BCUT2D eigenvalue weighted by atomic mass is 10.1. The lowest BCUT2D eigenvalue weighted by molar-refractivity contribution is -0.135. The SMILES string of the molecule is Cc1ccc(CN2C(=O)CCC2C(=O)NC2=NCC(=O)N2C)cc1. The van der Waals surface area contributed by atoms with Crippen molar-refractivity contribution in [2.75, 3.05) is 13.6 Å². The Bertz CT molecular complexity index is 711. The molecule has 1 unspecified atom stereocenters. The van der Waals surface area contributed by atoms with Gasteiger partial charge < -0.3 is 4.90 Å². The van der Waals surface area contributed by atoms with Gasteiger partial charge in [0.15, 0.2) is 0 Å². The van der Waals surface area contributed by atoms with Gasteiger partial charge in [0.25, 0.3) is 5.91 Å². The van der Waals surface area contributed by atoms with Crippen LogP contribution >= 0.6 is 0 Å². The average Bonchev–Trinajstić information content (AvgIpc) is 3.07. The maximum Gasteiger partial charge on any atom is 0.250 e. The highest BCUT2D eigenvalue weighted by Crippen LogP contribution is 2.22. The first-order valence-electron chi connectivity index (χ1n) is 7.92. The molecule has 0 aliphatic carbocycles. The van der Waals surface area contributed by atoms with Crippen LogP contribution in [0.2, 0.25) is 0 Å². The number of benzene rings is 1. The number of hydrogen-bond acceptors (Lipinski definition) is 4. The fourth-order valence-corrected chi connectivity index (χ4v) is 2.88. The van der Waals surface area contributed by atoms with Gasteiger partial charge >= 0.3 is 0 Å². The molecule has 1 N–H and O–H groups in total. The second-order valence-electron chi connectivity index (χ2n) is 6.14. The van der Waals surface area contributed by atoms with Crippen LogP contribution in [-0.4, -0.2) is 53.1 Å². The normalized spacial score (nSPS) is 20.6. The highest BCUT2D eigenvalue weighted by molar-refractivity contribution is 6.10. The molecule has 126 valence electrons. The first kappa shape index (κ1) is 16.2. The zero-order chi connectivity index (χ0) is 17.3. The molecule has 1 saturated heterocycles. The highest BCUT2D eigenvalue weighted by Gasteiger charge is 2.37. The molecule has 0 aromatic heterocycles. The first-order valence-corrected chi connectivity index (χ1v) is 7.92. The molecule has 24 heavy (non-hydrogen) atoms. The Labute approximate surface area is 140 Å². The van der Waals surface area contributed by atoms with E-state index >= 15 is 0 Å². The summed E-state index contributed by atoms with van der Waals surface area (Å²) in [6.07, 6.45) is 0.826. The topological polar surface area (TPSA) is 82.1 Å². The lowest BCUT2D eigenvalue weighted by Gasteiger charge is -2.25. The Morgan fingerprint density at radius 2 is 1.96 bits per heavy atom. The van der Waals surface area contributed by atoms with Gasteiger partial charge in [-0.15, -0.1) is 0 Å². The van der Waals surface area contributed by atoms with E-state index in [9.17, 15) is 14.4 Å². The van der Waals surface area contributed by atoms with Gasteiger partial charge in [-0.25, -0.2) is 4.99 Å². The largest absolute Gasteiger partial charge is 0.326 e. The summed E-state index contributed by atoms with van der Waals surface area (Å²) in [6.45, 7) is 2.45. The predicted octanol–water partition coefficient (Wildman–Crippen LogP) is 0.430. The van der Waals surface area contributed by atoms with Crippen LogP contribution < -0.4 is 5.32 Å². The first-order chi connectivity index (χ1) is 11.5. The Hall–Kier alpha value is -2.70. The maximum absolute atomic E-state index is 12.5. The monoisotopic (exact) mass is 328 g/mol. The summed E-state index contributed by atoms with van der Waals surface area (Å²) < 4.78 is 0. The molecule has 2 aliphatic rings. The Balaban J connectivity index is 1.69. The number of hydrogen-bond donors (Lipinski definition) is 1. The molecular weight excluding hydrogens is 308 g/mol. The molecule has 2 aliphatic heterocycles. The molecule has 3 rings (SSSR count). The maximum atomic E-state index is 12.5. The smallest absolute Gasteiger partial charge is 0.250 e. The van der Waals surface area contributed by atoms with Gasteiger partial charge in [0.05, 0.1) is 0 Å². The van der Waals surface area contributed by atoms with Gasteiger partial charge in [0.2, 0.25) is 17.8 Å². The number of carbonyl (C=O) groups excluding carboxylic acids is 3. The van der Waals surface area contributed by atoms with E-state index in [-0.39, 0.29) is 30.2 Å². The van der Waals surface area contributed by atoms with Crippen LogP contribution in [0.5, 0.6) is 0 Å². The van der Waals surface area contributed by atoms with Gasteiger partial charge in [-0.1, -0.05) is 29.8 Å². The summed E-state index contributed by atoms with van der Waals surface area (Å²) in [5, 5.41) is 2.67. The molecule has 1 aromatic carbocycles. The minimum absolute atomic E-state index is 0.0338. The van der Waals surface area contributed by atoms with Crippen molar-refractivity contribution in [2.45, 2.75) is 32.4 Å². The van der Waals surface area contributed by atoms with Gasteiger partial charge in [0, 0.05) is 20.0 Å². The Kier molecular flexibility index (Phi) is 4.33. The lowest BCUT2D eigenvalue weighted by Crippen LogP contribution is -2.49. The van der Waals surface area contributed by atoms with E-state index in [0.717, 1.165) is 11.1 Å². The molecule has 1 aromatic rings. The van der Waals surface area contributed by atoms with Crippen LogP contribution in [0.3, 0.4) is 0 Å². The minimum atomic E-state index is -0.536. The number of carbonyl (C=O) groups is 3. The molecule has 0 radical (unpaired) electrons. The van der Waals surface area contributed by atoms with Gasteiger partial charge in [0.1, 0.15) is 12.6 Å². The number of guanidine groups is 1. The van der Waals surface area contributed by atoms with Crippen LogP contribution in [0.25, 0.3) is 0 Å². The van der Waals surface area contributed by atoms with Crippen molar-refractivity contribution in [3.8, 4) is 0 Å². The highest BCUT2D eigenvalue weighted by atomic mass is 16.2. The number of aryl methyl sites for hydroxylation is 1. The second-order valence-corrected chi connectivity index (χ2v) is 6.14.